The molecule has 6 nitrogen and oxygen atoms in total. The zero-order valence-corrected chi connectivity index (χ0v) is 11.3. The molecule has 5 N–H and O–H groups in total. The number of hydrogen-bond acceptors (Lipinski definition) is 4. The number of carbonyl (C=O) groups excluding carboxylic acids is 1. The van der Waals surface area contributed by atoms with Crippen molar-refractivity contribution in [1.29, 1.82) is 0 Å². The fourth-order valence-electron chi connectivity index (χ4n) is 2.49. The van der Waals surface area contributed by atoms with Crippen LogP contribution in [0.3, 0.4) is 0 Å². The fourth-order valence-corrected chi connectivity index (χ4v) is 2.49. The zero-order valence-electron chi connectivity index (χ0n) is 11.3. The van der Waals surface area contributed by atoms with Crippen LogP contribution in [-0.4, -0.2) is 40.3 Å². The monoisotopic (exact) mass is 272 g/mol. The van der Waals surface area contributed by atoms with Gasteiger partial charge in [0.05, 0.1) is 0 Å². The van der Waals surface area contributed by atoms with Gasteiger partial charge in [-0.2, -0.15) is 0 Å². The van der Waals surface area contributed by atoms with Crippen molar-refractivity contribution < 1.29 is 19.8 Å². The smallest absolute Gasteiger partial charge is 0.325 e. The van der Waals surface area contributed by atoms with E-state index in [2.05, 4.69) is 5.32 Å². The molecular weight excluding hydrogens is 248 g/mol. The summed E-state index contributed by atoms with van der Waals surface area (Å²) in [7, 11) is 0. The van der Waals surface area contributed by atoms with Crippen molar-refractivity contribution in [2.75, 3.05) is 0 Å². The van der Waals surface area contributed by atoms with Gasteiger partial charge < -0.3 is 21.3 Å². The molecule has 0 aromatic heterocycles. The number of aliphatic hydroxyl groups excluding tert-OH is 1. The van der Waals surface area contributed by atoms with Crippen LogP contribution >= 0.6 is 0 Å². The summed E-state index contributed by atoms with van der Waals surface area (Å²) in [5, 5.41) is 20.7. The topological polar surface area (TPSA) is 113 Å². The van der Waals surface area contributed by atoms with Gasteiger partial charge in [0, 0.05) is 6.04 Å². The Morgan fingerprint density at radius 3 is 2.42 bits per heavy atom. The highest BCUT2D eigenvalue weighted by molar-refractivity contribution is 5.86. The van der Waals surface area contributed by atoms with E-state index in [1.165, 1.54) is 26.2 Å². The van der Waals surface area contributed by atoms with Gasteiger partial charge in [-0.3, -0.25) is 9.59 Å². The maximum Gasteiger partial charge on any atom is 0.325 e. The van der Waals surface area contributed by atoms with Crippen LogP contribution in [0.15, 0.2) is 0 Å². The second-order valence-corrected chi connectivity index (χ2v) is 5.42. The zero-order chi connectivity index (χ0) is 14.4. The van der Waals surface area contributed by atoms with E-state index >= 15 is 0 Å². The van der Waals surface area contributed by atoms with Crippen LogP contribution in [0.4, 0.5) is 0 Å². The molecule has 0 heterocycles. The van der Waals surface area contributed by atoms with Gasteiger partial charge in [-0.05, 0) is 19.3 Å². The molecule has 19 heavy (non-hydrogen) atoms. The molecule has 0 spiro atoms. The Bertz CT molecular complexity index is 316. The molecule has 1 fully saturated rings. The Morgan fingerprint density at radius 1 is 1.32 bits per heavy atom. The van der Waals surface area contributed by atoms with E-state index in [-0.39, 0.29) is 0 Å². The molecule has 1 saturated carbocycles. The van der Waals surface area contributed by atoms with Crippen LogP contribution in [0.5, 0.6) is 0 Å². The largest absolute Gasteiger partial charge is 0.480 e. The first kappa shape index (κ1) is 15.9. The Hall–Kier alpha value is -1.14. The Morgan fingerprint density at radius 2 is 1.89 bits per heavy atom. The number of carboxylic acid groups (broad SMARTS) is 1. The van der Waals surface area contributed by atoms with Gasteiger partial charge in [-0.1, -0.05) is 32.1 Å². The molecule has 1 unspecified atom stereocenters. The summed E-state index contributed by atoms with van der Waals surface area (Å²) in [6.45, 7) is 1.35. The Balaban J connectivity index is 2.39. The molecule has 0 aromatic carbocycles. The number of nitrogens with two attached hydrogens (primary N) is 1. The lowest BCUT2D eigenvalue weighted by atomic mass is 9.84. The summed E-state index contributed by atoms with van der Waals surface area (Å²) >= 11 is 0. The summed E-state index contributed by atoms with van der Waals surface area (Å²) in [5.74, 6) is -1.39. The summed E-state index contributed by atoms with van der Waals surface area (Å²) < 4.78 is 0. The molecule has 0 radical (unpaired) electrons. The molecule has 1 aliphatic rings. The second-order valence-electron chi connectivity index (χ2n) is 5.42. The van der Waals surface area contributed by atoms with E-state index in [0.717, 1.165) is 12.8 Å². The SMILES string of the molecule is C[C@@H](NC(=O)C(O)[C@H](N)CC1CCCCC1)C(=O)O. The van der Waals surface area contributed by atoms with Crippen LogP contribution in [0.25, 0.3) is 0 Å². The maximum absolute atomic E-state index is 11.6. The third-order valence-electron chi connectivity index (χ3n) is 3.73. The summed E-state index contributed by atoms with van der Waals surface area (Å²) in [6.07, 6.45) is 5.04. The average Bonchev–Trinajstić information content (AvgIpc) is 2.38. The van der Waals surface area contributed by atoms with Crippen molar-refractivity contribution in [3.63, 3.8) is 0 Å². The Labute approximate surface area is 113 Å². The van der Waals surface area contributed by atoms with Gasteiger partial charge in [-0.25, -0.2) is 0 Å². The van der Waals surface area contributed by atoms with Crippen LogP contribution in [-0.2, 0) is 9.59 Å². The molecule has 110 valence electrons. The molecule has 0 saturated heterocycles. The second kappa shape index (κ2) is 7.45. The number of nitrogens with one attached hydrogen (secondary N) is 1. The highest BCUT2D eigenvalue weighted by atomic mass is 16.4. The number of carboxylic acids is 1. The summed E-state index contributed by atoms with van der Waals surface area (Å²) in [4.78, 5) is 22.3. The van der Waals surface area contributed by atoms with E-state index in [1.807, 2.05) is 0 Å². The van der Waals surface area contributed by atoms with Gasteiger partial charge in [-0.15, -0.1) is 0 Å². The van der Waals surface area contributed by atoms with Gasteiger partial charge in [0.1, 0.15) is 12.1 Å². The van der Waals surface area contributed by atoms with E-state index in [4.69, 9.17) is 10.8 Å². The van der Waals surface area contributed by atoms with Gasteiger partial charge in [0.25, 0.3) is 5.91 Å². The first-order valence-electron chi connectivity index (χ1n) is 6.88. The van der Waals surface area contributed by atoms with Gasteiger partial charge in [0.2, 0.25) is 0 Å². The highest BCUT2D eigenvalue weighted by Crippen LogP contribution is 2.27. The van der Waals surface area contributed by atoms with Crippen LogP contribution < -0.4 is 11.1 Å². The predicted octanol–water partition coefficient (Wildman–Crippen LogP) is 0.234. The third-order valence-corrected chi connectivity index (χ3v) is 3.73. The fraction of sp³-hybridized carbons (Fsp3) is 0.846. The highest BCUT2D eigenvalue weighted by Gasteiger charge is 2.28. The average molecular weight is 272 g/mol. The van der Waals surface area contributed by atoms with Crippen molar-refractivity contribution in [3.8, 4) is 0 Å². The quantitative estimate of drug-likeness (QED) is 0.553. The number of aliphatic hydroxyl groups is 1. The minimum atomic E-state index is -1.34. The number of amides is 1. The number of aliphatic carboxylic acids is 1. The standard InChI is InChI=1S/C13H24N2O4/c1-8(13(18)19)15-12(17)11(16)10(14)7-9-5-3-2-4-6-9/h8-11,16H,2-7,14H2,1H3,(H,15,17)(H,18,19)/t8-,10-,11?/m1/s1. The minimum absolute atomic E-state index is 0.461. The number of carbonyl (C=O) groups is 2. The van der Waals surface area contributed by atoms with Crippen molar-refractivity contribution in [2.45, 2.75) is 63.6 Å². The van der Waals surface area contributed by atoms with Crippen LogP contribution in [0.2, 0.25) is 0 Å². The van der Waals surface area contributed by atoms with E-state index in [9.17, 15) is 14.7 Å². The molecule has 6 heteroatoms. The molecule has 0 aromatic rings. The third kappa shape index (κ3) is 5.16. The predicted molar refractivity (Wildman–Crippen MR) is 70.4 cm³/mol. The molecule has 0 aliphatic heterocycles. The summed E-state index contributed by atoms with van der Waals surface area (Å²) in [5.41, 5.74) is 5.84. The maximum atomic E-state index is 11.6. The molecule has 1 aliphatic carbocycles. The number of rotatable bonds is 6. The first-order valence-corrected chi connectivity index (χ1v) is 6.88. The Kier molecular flexibility index (Phi) is 6.24. The van der Waals surface area contributed by atoms with Crippen molar-refractivity contribution in [3.05, 3.63) is 0 Å². The normalized spacial score (nSPS) is 21.4. The molecule has 0 bridgehead atoms. The van der Waals surface area contributed by atoms with Crippen LogP contribution in [0.1, 0.15) is 45.4 Å². The van der Waals surface area contributed by atoms with E-state index in [0.29, 0.717) is 12.3 Å². The lowest BCUT2D eigenvalue weighted by Crippen LogP contribution is -2.51. The molecule has 1 amide bonds. The van der Waals surface area contributed by atoms with Crippen molar-refractivity contribution in [2.24, 2.45) is 11.7 Å². The van der Waals surface area contributed by atoms with E-state index < -0.39 is 30.1 Å². The minimum Gasteiger partial charge on any atom is -0.480 e. The first-order chi connectivity index (χ1) is 8.91. The van der Waals surface area contributed by atoms with Gasteiger partial charge >= 0.3 is 5.97 Å². The molecule has 1 rings (SSSR count). The number of hydrogen-bond donors (Lipinski definition) is 4. The molecule has 3 atom stereocenters. The summed E-state index contributed by atoms with van der Waals surface area (Å²) in [6, 6.07) is -1.66. The van der Waals surface area contributed by atoms with Crippen LogP contribution in [0, 0.1) is 5.92 Å². The van der Waals surface area contributed by atoms with Crippen molar-refractivity contribution in [1.82, 2.24) is 5.32 Å². The van der Waals surface area contributed by atoms with Crippen molar-refractivity contribution >= 4 is 11.9 Å². The lowest BCUT2D eigenvalue weighted by Gasteiger charge is -2.26. The van der Waals surface area contributed by atoms with E-state index in [1.54, 1.807) is 0 Å². The lowest BCUT2D eigenvalue weighted by molar-refractivity contribution is -0.143. The van der Waals surface area contributed by atoms with Gasteiger partial charge in [0.15, 0.2) is 0 Å². The molecular formula is C13H24N2O4.